The first kappa shape index (κ1) is 57.4. The molecule has 1 aliphatic rings. The molecule has 19 nitrogen and oxygen atoms in total. The Morgan fingerprint density at radius 3 is 2.10 bits per heavy atom. The molecule has 0 unspecified atom stereocenters. The third-order valence-electron chi connectivity index (χ3n) is 11.4. The van der Waals surface area contributed by atoms with Crippen molar-refractivity contribution in [1.29, 1.82) is 0 Å². The second-order valence-corrected chi connectivity index (χ2v) is 21.1. The number of carbonyl (C=O) groups excluding carboxylic acids is 8. The molecule has 1 fully saturated rings. The number of hydrogen-bond donors (Lipinski definition) is 9. The fourth-order valence-corrected chi connectivity index (χ4v) is 10.1. The summed E-state index contributed by atoms with van der Waals surface area (Å²) in [6.07, 6.45) is -0.262. The van der Waals surface area contributed by atoms with Gasteiger partial charge in [0.25, 0.3) is 0 Å². The maximum Gasteiger partial charge on any atom is 0.224 e. The second-order valence-electron chi connectivity index (χ2n) is 18.0. The Morgan fingerprint density at radius 2 is 1.48 bits per heavy atom. The highest BCUT2D eigenvalue weighted by atomic mass is 33.1. The van der Waals surface area contributed by atoms with Gasteiger partial charge in [-0.15, -0.1) is 0 Å². The molecule has 1 heterocycles. The van der Waals surface area contributed by atoms with Crippen molar-refractivity contribution in [2.45, 2.75) is 121 Å². The number of rotatable bonds is 20. The zero-order valence-corrected chi connectivity index (χ0v) is 41.6. The molecule has 21 heteroatoms. The molecule has 69 heavy (non-hydrogen) atoms. The standard InChI is InChI=1S/C48H70N10O9S2/c1-29(22-32-14-16-35(60)17-15-32)44(66)58-38-27-68-69-48(3,4)28-55-43(65)26-34(25-41(63)37(23-31-10-6-5-7-11-31)56-42(64)19-18-39(38)61)45(67)57-36(13-9-21-54-47(51)52)40(62)24-33(30(2)59)12-8-20-53-46(49)50/h5-7,10-11,14-17,29,33-34,36-38,60H,8-9,12-13,18-28H2,1-4H3,(H,55,65)(H,56,64)(H,57,67)(H,58,66)(H4,49,50,53)(H4,51,52,54)/t29-,33+,34+,36-,37-,38-/m0/s1. The van der Waals surface area contributed by atoms with E-state index in [0.29, 0.717) is 24.8 Å². The minimum absolute atomic E-state index is 0.0288. The van der Waals surface area contributed by atoms with Gasteiger partial charge in [0.05, 0.1) is 24.0 Å². The summed E-state index contributed by atoms with van der Waals surface area (Å²) in [7, 11) is 2.69. The zero-order valence-electron chi connectivity index (χ0n) is 40.0. The number of aliphatic imine (C=N–C) groups is 2. The summed E-state index contributed by atoms with van der Waals surface area (Å²) < 4.78 is -0.632. The molecule has 0 saturated carbocycles. The molecule has 0 aliphatic carbocycles. The van der Waals surface area contributed by atoms with Gasteiger partial charge in [-0.1, -0.05) is 71.0 Å². The number of nitrogens with two attached hydrogens (primary N) is 4. The lowest BCUT2D eigenvalue weighted by atomic mass is 9.88. The van der Waals surface area contributed by atoms with Gasteiger partial charge < -0.3 is 49.3 Å². The highest BCUT2D eigenvalue weighted by Gasteiger charge is 2.34. The molecule has 0 bridgehead atoms. The van der Waals surface area contributed by atoms with Gasteiger partial charge in [0.1, 0.15) is 11.5 Å². The molecule has 4 amide bonds. The Bertz CT molecular complexity index is 2130. The molecule has 0 spiro atoms. The van der Waals surface area contributed by atoms with Crippen molar-refractivity contribution in [2.75, 3.05) is 25.4 Å². The van der Waals surface area contributed by atoms with E-state index in [1.165, 1.54) is 40.6 Å². The van der Waals surface area contributed by atoms with E-state index in [4.69, 9.17) is 22.9 Å². The number of Topliss-reactive ketones (excluding diaryl/α,β-unsaturated/α-hetero) is 4. The number of phenols is 1. The van der Waals surface area contributed by atoms with E-state index in [1.807, 2.05) is 13.8 Å². The molecule has 0 aromatic heterocycles. The Hall–Kier alpha value is -5.96. The summed E-state index contributed by atoms with van der Waals surface area (Å²) in [5, 5.41) is 20.9. The van der Waals surface area contributed by atoms with Crippen molar-refractivity contribution in [3.63, 3.8) is 0 Å². The van der Waals surface area contributed by atoms with Crippen LogP contribution in [0.1, 0.15) is 96.6 Å². The summed E-state index contributed by atoms with van der Waals surface area (Å²) in [4.78, 5) is 118. The average molecular weight is 995 g/mol. The summed E-state index contributed by atoms with van der Waals surface area (Å²) >= 11 is 0. The van der Waals surface area contributed by atoms with Gasteiger partial charge in [-0.05, 0) is 82.6 Å². The lowest BCUT2D eigenvalue weighted by molar-refractivity contribution is -0.136. The van der Waals surface area contributed by atoms with Crippen LogP contribution >= 0.6 is 21.6 Å². The number of benzene rings is 2. The van der Waals surface area contributed by atoms with Crippen molar-refractivity contribution in [1.82, 2.24) is 21.3 Å². The first-order valence-corrected chi connectivity index (χ1v) is 25.4. The highest BCUT2D eigenvalue weighted by molar-refractivity contribution is 8.77. The normalized spacial score (nSPS) is 19.7. The first-order valence-electron chi connectivity index (χ1n) is 23.1. The van der Waals surface area contributed by atoms with E-state index in [1.54, 1.807) is 49.4 Å². The third-order valence-corrected chi connectivity index (χ3v) is 14.7. The van der Waals surface area contributed by atoms with Gasteiger partial charge >= 0.3 is 0 Å². The number of hydrogen-bond acceptors (Lipinski definition) is 13. The van der Waals surface area contributed by atoms with Gasteiger partial charge in [0, 0.05) is 74.1 Å². The Kier molecular flexibility index (Phi) is 24.2. The predicted molar refractivity (Wildman–Crippen MR) is 270 cm³/mol. The molecule has 6 atom stereocenters. The Balaban J connectivity index is 1.91. The highest BCUT2D eigenvalue weighted by Crippen LogP contribution is 2.36. The summed E-state index contributed by atoms with van der Waals surface area (Å²) in [5.74, 6) is -6.47. The zero-order chi connectivity index (χ0) is 51.1. The number of carbonyl (C=O) groups is 8. The quantitative estimate of drug-likeness (QED) is 0.0397. The first-order chi connectivity index (χ1) is 32.6. The van der Waals surface area contributed by atoms with Crippen molar-refractivity contribution >= 4 is 80.3 Å². The van der Waals surface area contributed by atoms with Crippen LogP contribution in [0.4, 0.5) is 0 Å². The van der Waals surface area contributed by atoms with E-state index in [0.717, 1.165) is 5.56 Å². The maximum absolute atomic E-state index is 14.4. The minimum Gasteiger partial charge on any atom is -0.508 e. The van der Waals surface area contributed by atoms with Gasteiger partial charge in [0.2, 0.25) is 23.6 Å². The fraction of sp³-hybridized carbons (Fsp3) is 0.542. The van der Waals surface area contributed by atoms with Crippen molar-refractivity contribution < 1.29 is 43.5 Å². The minimum atomic E-state index is -1.30. The average Bonchev–Trinajstić information content (AvgIpc) is 3.29. The molecule has 378 valence electrons. The van der Waals surface area contributed by atoms with Crippen LogP contribution in [0.15, 0.2) is 64.6 Å². The Labute approximate surface area is 412 Å². The number of phenolic OH excluding ortho intramolecular Hbond substituents is 1. The number of guanidine groups is 2. The summed E-state index contributed by atoms with van der Waals surface area (Å²) in [6.45, 7) is 7.36. The lowest BCUT2D eigenvalue weighted by Crippen LogP contribution is -2.48. The van der Waals surface area contributed by atoms with Crippen LogP contribution in [0.5, 0.6) is 5.75 Å². The van der Waals surface area contributed by atoms with Crippen LogP contribution < -0.4 is 44.2 Å². The monoisotopic (exact) mass is 994 g/mol. The van der Waals surface area contributed by atoms with Gasteiger partial charge in [-0.25, -0.2) is 0 Å². The van der Waals surface area contributed by atoms with E-state index >= 15 is 0 Å². The fourth-order valence-electron chi connectivity index (χ4n) is 7.41. The second kappa shape index (κ2) is 29.2. The Morgan fingerprint density at radius 1 is 0.841 bits per heavy atom. The molecule has 1 aliphatic heterocycles. The van der Waals surface area contributed by atoms with E-state index in [9.17, 15) is 43.5 Å². The van der Waals surface area contributed by atoms with Crippen LogP contribution in [-0.4, -0.2) is 112 Å². The van der Waals surface area contributed by atoms with E-state index < -0.39 is 82.8 Å². The number of nitrogens with zero attached hydrogens (tertiary/aromatic N) is 2. The van der Waals surface area contributed by atoms with Crippen LogP contribution in [-0.2, 0) is 51.2 Å². The van der Waals surface area contributed by atoms with Crippen molar-refractivity contribution in [3.8, 4) is 5.75 Å². The largest absolute Gasteiger partial charge is 0.508 e. The van der Waals surface area contributed by atoms with Crippen LogP contribution in [0.25, 0.3) is 0 Å². The number of aromatic hydroxyl groups is 1. The molecule has 0 radical (unpaired) electrons. The number of ketones is 4. The van der Waals surface area contributed by atoms with Gasteiger partial charge in [-0.3, -0.25) is 48.3 Å². The smallest absolute Gasteiger partial charge is 0.224 e. The molecular formula is C48H70N10O9S2. The van der Waals surface area contributed by atoms with Gasteiger partial charge in [0.15, 0.2) is 29.3 Å². The number of amides is 4. The molecule has 2 aromatic carbocycles. The molecule has 1 saturated heterocycles. The lowest BCUT2D eigenvalue weighted by Gasteiger charge is -2.27. The summed E-state index contributed by atoms with van der Waals surface area (Å²) in [6, 6.07) is 12.1. The van der Waals surface area contributed by atoms with Gasteiger partial charge in [-0.2, -0.15) is 0 Å². The summed E-state index contributed by atoms with van der Waals surface area (Å²) in [5.41, 5.74) is 23.4. The SMILES string of the molecule is CC(=O)[C@H](CCCN=C(N)N)CC(=O)[C@H](CCCN=C(N)N)NC(=O)[C@H]1CC(=O)NCC(C)(C)SSC[C@H](NC(=O)[C@@H](C)Cc2ccc(O)cc2)C(=O)CCC(=O)N[C@@H](Cc2ccccc2)C(=O)C1. The molecule has 3 rings (SSSR count). The molecule has 2 aromatic rings. The topological polar surface area (TPSA) is 334 Å². The molecule has 13 N–H and O–H groups in total. The van der Waals surface area contributed by atoms with E-state index in [-0.39, 0.29) is 99.1 Å². The van der Waals surface area contributed by atoms with Crippen LogP contribution in [0.2, 0.25) is 0 Å². The van der Waals surface area contributed by atoms with Crippen molar-refractivity contribution in [2.24, 2.45) is 50.7 Å². The van der Waals surface area contributed by atoms with Crippen LogP contribution in [0.3, 0.4) is 0 Å². The van der Waals surface area contributed by atoms with Crippen molar-refractivity contribution in [3.05, 3.63) is 65.7 Å². The number of nitrogens with one attached hydrogen (secondary N) is 4. The third kappa shape index (κ3) is 22.3. The van der Waals surface area contributed by atoms with Crippen LogP contribution in [0, 0.1) is 17.8 Å². The molecular weight excluding hydrogens is 925 g/mol. The van der Waals surface area contributed by atoms with E-state index in [2.05, 4.69) is 31.3 Å². The predicted octanol–water partition coefficient (Wildman–Crippen LogP) is 2.14. The maximum atomic E-state index is 14.4.